The van der Waals surface area contributed by atoms with E-state index in [0.29, 0.717) is 11.5 Å². The molecule has 0 N–H and O–H groups in total. The molecule has 0 radical (unpaired) electrons. The van der Waals surface area contributed by atoms with Gasteiger partial charge >= 0.3 is 0 Å². The van der Waals surface area contributed by atoms with Crippen LogP contribution in [0, 0.1) is 11.7 Å². The molecule has 1 nitrogen and oxygen atoms in total. The van der Waals surface area contributed by atoms with E-state index in [2.05, 4.69) is 18.0 Å². The number of aryl methyl sites for hydroxylation is 1. The van der Waals surface area contributed by atoms with Gasteiger partial charge in [-0.2, -0.15) is 0 Å². The van der Waals surface area contributed by atoms with Crippen molar-refractivity contribution in [1.82, 2.24) is 4.98 Å². The lowest BCUT2D eigenvalue weighted by Gasteiger charge is -2.28. The quantitative estimate of drug-likeness (QED) is 0.436. The van der Waals surface area contributed by atoms with E-state index in [-0.39, 0.29) is 5.82 Å². The van der Waals surface area contributed by atoms with Crippen LogP contribution in [-0.4, -0.2) is 4.98 Å². The Labute approximate surface area is 164 Å². The predicted molar refractivity (Wildman–Crippen MR) is 112 cm³/mol. The van der Waals surface area contributed by atoms with Crippen LogP contribution in [0.5, 0.6) is 0 Å². The van der Waals surface area contributed by atoms with E-state index in [9.17, 15) is 4.39 Å². The fourth-order valence-corrected chi connectivity index (χ4v) is 4.44. The van der Waals surface area contributed by atoms with Crippen molar-refractivity contribution in [3.8, 4) is 11.3 Å². The van der Waals surface area contributed by atoms with Crippen LogP contribution in [-0.2, 0) is 6.42 Å². The molecule has 1 aliphatic carbocycles. The number of halogens is 1. The summed E-state index contributed by atoms with van der Waals surface area (Å²) in [5.41, 5.74) is 3.70. The summed E-state index contributed by atoms with van der Waals surface area (Å²) in [7, 11) is 0. The molecule has 27 heavy (non-hydrogen) atoms. The molecule has 0 amide bonds. The number of pyridine rings is 1. The average molecular weight is 368 g/mol. The summed E-state index contributed by atoms with van der Waals surface area (Å²) in [4.78, 5) is 4.59. The van der Waals surface area contributed by atoms with Crippen LogP contribution < -0.4 is 0 Å². The molecule has 2 aromatic rings. The van der Waals surface area contributed by atoms with Gasteiger partial charge in [0.15, 0.2) is 0 Å². The van der Waals surface area contributed by atoms with E-state index in [0.717, 1.165) is 23.6 Å². The molecular weight excluding hydrogens is 333 g/mol. The molecule has 1 aromatic carbocycles. The lowest BCUT2D eigenvalue weighted by atomic mass is 9.77. The summed E-state index contributed by atoms with van der Waals surface area (Å²) < 4.78 is 14.3. The van der Waals surface area contributed by atoms with Crippen molar-refractivity contribution in [2.45, 2.75) is 84.0 Å². The lowest BCUT2D eigenvalue weighted by Crippen LogP contribution is -2.13. The number of aromatic nitrogens is 1. The molecule has 0 atom stereocenters. The van der Waals surface area contributed by atoms with Crippen LogP contribution in [0.3, 0.4) is 0 Å². The molecule has 0 saturated heterocycles. The van der Waals surface area contributed by atoms with Gasteiger partial charge in [0.05, 0.1) is 5.69 Å². The maximum absolute atomic E-state index is 14.3. The van der Waals surface area contributed by atoms with Gasteiger partial charge in [-0.05, 0) is 73.3 Å². The highest BCUT2D eigenvalue weighted by atomic mass is 19.1. The normalized spacial score (nSPS) is 20.0. The van der Waals surface area contributed by atoms with Gasteiger partial charge in [0.2, 0.25) is 0 Å². The summed E-state index contributed by atoms with van der Waals surface area (Å²) >= 11 is 0. The van der Waals surface area contributed by atoms with E-state index < -0.39 is 0 Å². The molecule has 3 rings (SSSR count). The van der Waals surface area contributed by atoms with Gasteiger partial charge < -0.3 is 0 Å². The Morgan fingerprint density at radius 3 is 2.41 bits per heavy atom. The average Bonchev–Trinajstić information content (AvgIpc) is 2.72. The molecule has 1 aromatic heterocycles. The molecule has 2 heteroatoms. The van der Waals surface area contributed by atoms with Gasteiger partial charge in [-0.3, -0.25) is 4.98 Å². The third-order valence-corrected chi connectivity index (χ3v) is 6.29. The summed E-state index contributed by atoms with van der Waals surface area (Å²) in [5.74, 6) is 1.39. The lowest BCUT2D eigenvalue weighted by molar-refractivity contribution is 0.302. The second-order valence-corrected chi connectivity index (χ2v) is 8.21. The van der Waals surface area contributed by atoms with E-state index in [1.165, 1.54) is 63.4 Å². The molecular formula is C25H34FN. The van der Waals surface area contributed by atoms with Gasteiger partial charge in [-0.25, -0.2) is 4.39 Å². The highest BCUT2D eigenvalue weighted by Crippen LogP contribution is 2.38. The zero-order chi connectivity index (χ0) is 19.1. The zero-order valence-electron chi connectivity index (χ0n) is 17.0. The van der Waals surface area contributed by atoms with Crippen LogP contribution >= 0.6 is 0 Å². The van der Waals surface area contributed by atoms with Crippen LogP contribution in [0.15, 0.2) is 36.5 Å². The minimum atomic E-state index is -0.168. The van der Waals surface area contributed by atoms with Crippen LogP contribution in [0.25, 0.3) is 11.3 Å². The second-order valence-electron chi connectivity index (χ2n) is 8.21. The fraction of sp³-hybridized carbons (Fsp3) is 0.560. The predicted octanol–water partition coefficient (Wildman–Crippen LogP) is 7.69. The van der Waals surface area contributed by atoms with Crippen molar-refractivity contribution >= 4 is 0 Å². The Kier molecular flexibility index (Phi) is 7.43. The van der Waals surface area contributed by atoms with Crippen molar-refractivity contribution < 1.29 is 4.39 Å². The van der Waals surface area contributed by atoms with Crippen molar-refractivity contribution in [2.75, 3.05) is 0 Å². The number of unbranched alkanes of at least 4 members (excludes halogenated alkanes) is 3. The maximum atomic E-state index is 14.3. The van der Waals surface area contributed by atoms with Gasteiger partial charge in [-0.15, -0.1) is 0 Å². The van der Waals surface area contributed by atoms with Crippen molar-refractivity contribution in [3.05, 3.63) is 53.5 Å². The first-order valence-electron chi connectivity index (χ1n) is 11.0. The molecule has 0 unspecified atom stereocenters. The summed E-state index contributed by atoms with van der Waals surface area (Å²) in [6, 6.07) is 9.65. The Morgan fingerprint density at radius 2 is 1.78 bits per heavy atom. The zero-order valence-corrected chi connectivity index (χ0v) is 17.0. The van der Waals surface area contributed by atoms with E-state index in [1.54, 1.807) is 6.07 Å². The minimum absolute atomic E-state index is 0.168. The van der Waals surface area contributed by atoms with Crippen LogP contribution in [0.4, 0.5) is 4.39 Å². The van der Waals surface area contributed by atoms with Crippen LogP contribution in [0.1, 0.15) is 88.7 Å². The van der Waals surface area contributed by atoms with Crippen molar-refractivity contribution in [3.63, 3.8) is 0 Å². The summed E-state index contributed by atoms with van der Waals surface area (Å²) in [6.07, 6.45) is 15.0. The Bertz CT molecular complexity index is 699. The minimum Gasteiger partial charge on any atom is -0.256 e. The van der Waals surface area contributed by atoms with E-state index in [4.69, 9.17) is 0 Å². The Hall–Kier alpha value is -1.70. The topological polar surface area (TPSA) is 12.9 Å². The summed E-state index contributed by atoms with van der Waals surface area (Å²) in [6.45, 7) is 4.32. The number of nitrogens with zero attached hydrogens (tertiary/aromatic N) is 1. The first-order valence-corrected chi connectivity index (χ1v) is 11.0. The van der Waals surface area contributed by atoms with Gasteiger partial charge in [0, 0.05) is 11.8 Å². The highest BCUT2D eigenvalue weighted by Gasteiger charge is 2.22. The Morgan fingerprint density at radius 1 is 0.963 bits per heavy atom. The standard InChI is InChI=1S/C25H34FN/c1-3-5-6-7-8-20-9-12-21(13-10-20)22-14-16-25(27-18-22)23-15-11-19(4-2)17-24(23)26/h11,14-18,20-21H,3-10,12-13H2,1-2H3/t20-,21-. The molecule has 1 saturated carbocycles. The third-order valence-electron chi connectivity index (χ3n) is 6.29. The van der Waals surface area contributed by atoms with E-state index in [1.807, 2.05) is 31.3 Å². The highest BCUT2D eigenvalue weighted by molar-refractivity contribution is 5.60. The number of rotatable bonds is 8. The number of hydrogen-bond acceptors (Lipinski definition) is 1. The molecule has 0 bridgehead atoms. The first-order chi connectivity index (χ1) is 13.2. The van der Waals surface area contributed by atoms with Crippen LogP contribution in [0.2, 0.25) is 0 Å². The molecule has 0 aliphatic heterocycles. The molecule has 1 aliphatic rings. The fourth-order valence-electron chi connectivity index (χ4n) is 4.44. The SMILES string of the molecule is CCCCCC[C@H]1CC[C@H](c2ccc(-c3ccc(CC)cc3F)nc2)CC1. The number of hydrogen-bond donors (Lipinski definition) is 0. The Balaban J connectivity index is 1.55. The van der Waals surface area contributed by atoms with Gasteiger partial charge in [0.25, 0.3) is 0 Å². The maximum Gasteiger partial charge on any atom is 0.132 e. The first kappa shape index (κ1) is 20.0. The molecule has 1 fully saturated rings. The van der Waals surface area contributed by atoms with Gasteiger partial charge in [0.1, 0.15) is 5.82 Å². The molecule has 0 spiro atoms. The van der Waals surface area contributed by atoms with Crippen molar-refractivity contribution in [2.24, 2.45) is 5.92 Å². The smallest absolute Gasteiger partial charge is 0.132 e. The van der Waals surface area contributed by atoms with Gasteiger partial charge in [-0.1, -0.05) is 58.1 Å². The third kappa shape index (κ3) is 5.40. The second kappa shape index (κ2) is 10.0. The van der Waals surface area contributed by atoms with Crippen molar-refractivity contribution in [1.29, 1.82) is 0 Å². The van der Waals surface area contributed by atoms with E-state index >= 15 is 0 Å². The monoisotopic (exact) mass is 367 g/mol. The molecule has 1 heterocycles. The largest absolute Gasteiger partial charge is 0.256 e. The number of benzene rings is 1. The summed E-state index contributed by atoms with van der Waals surface area (Å²) in [5, 5.41) is 0. The molecule has 146 valence electrons.